The first-order valence-electron chi connectivity index (χ1n) is 10.1. The van der Waals surface area contributed by atoms with Crippen molar-refractivity contribution in [2.24, 2.45) is 0 Å². The topological polar surface area (TPSA) is 67.1 Å². The van der Waals surface area contributed by atoms with E-state index in [-0.39, 0.29) is 6.04 Å². The number of hydrogen-bond donors (Lipinski definition) is 2. The molecule has 0 aliphatic carbocycles. The van der Waals surface area contributed by atoms with Gasteiger partial charge < -0.3 is 16.0 Å². The molecule has 3 N–H and O–H groups in total. The van der Waals surface area contributed by atoms with Crippen LogP contribution in [0.15, 0.2) is 91.3 Å². The van der Waals surface area contributed by atoms with Gasteiger partial charge in [0.1, 0.15) is 12.0 Å². The van der Waals surface area contributed by atoms with Crippen molar-refractivity contribution in [3.8, 4) is 0 Å². The van der Waals surface area contributed by atoms with Gasteiger partial charge >= 0.3 is 0 Å². The summed E-state index contributed by atoms with van der Waals surface area (Å²) in [7, 11) is 0. The molecule has 0 spiro atoms. The zero-order chi connectivity index (χ0) is 20.3. The summed E-state index contributed by atoms with van der Waals surface area (Å²) in [6, 6.07) is 29.0. The third-order valence-corrected chi connectivity index (χ3v) is 5.55. The van der Waals surface area contributed by atoms with Crippen molar-refractivity contribution in [2.75, 3.05) is 22.5 Å². The smallest absolute Gasteiger partial charge is 0.161 e. The predicted octanol–water partition coefficient (Wildman–Crippen LogP) is 4.95. The van der Waals surface area contributed by atoms with Gasteiger partial charge in [0.05, 0.1) is 6.04 Å². The molecule has 5 rings (SSSR count). The highest BCUT2D eigenvalue weighted by Gasteiger charge is 2.25. The summed E-state index contributed by atoms with van der Waals surface area (Å²) in [6.07, 6.45) is 2.57. The number of nitrogen functional groups attached to an aromatic ring is 1. The van der Waals surface area contributed by atoms with Crippen LogP contribution in [0, 0.1) is 0 Å². The van der Waals surface area contributed by atoms with Gasteiger partial charge in [-0.25, -0.2) is 9.97 Å². The molecular formula is C25H23N5. The molecule has 0 unspecified atom stereocenters. The Morgan fingerprint density at radius 3 is 2.13 bits per heavy atom. The van der Waals surface area contributed by atoms with E-state index in [0.29, 0.717) is 11.5 Å². The van der Waals surface area contributed by atoms with Gasteiger partial charge in [-0.3, -0.25) is 0 Å². The lowest BCUT2D eigenvalue weighted by atomic mass is 9.99. The third-order valence-electron chi connectivity index (χ3n) is 5.55. The van der Waals surface area contributed by atoms with E-state index in [4.69, 9.17) is 5.73 Å². The quantitative estimate of drug-likeness (QED) is 0.502. The zero-order valence-electron chi connectivity index (χ0n) is 16.6. The molecular weight excluding hydrogens is 370 g/mol. The van der Waals surface area contributed by atoms with E-state index in [1.165, 1.54) is 5.56 Å². The minimum atomic E-state index is -0.0664. The number of nitrogens with one attached hydrogen (secondary N) is 1. The molecule has 30 heavy (non-hydrogen) atoms. The molecule has 1 aliphatic rings. The van der Waals surface area contributed by atoms with Gasteiger partial charge in [0.2, 0.25) is 0 Å². The molecule has 0 fully saturated rings. The fraction of sp³-hybridized carbons (Fsp3) is 0.120. The molecule has 148 valence electrons. The molecule has 1 aromatic heterocycles. The van der Waals surface area contributed by atoms with Crippen molar-refractivity contribution in [3.63, 3.8) is 0 Å². The minimum Gasteiger partial charge on any atom is -0.393 e. The molecule has 1 aliphatic heterocycles. The maximum absolute atomic E-state index is 6.60. The maximum Gasteiger partial charge on any atom is 0.161 e. The summed E-state index contributed by atoms with van der Waals surface area (Å²) >= 11 is 0. The van der Waals surface area contributed by atoms with Gasteiger partial charge in [0, 0.05) is 12.2 Å². The van der Waals surface area contributed by atoms with Gasteiger partial charge in [-0.2, -0.15) is 0 Å². The number of anilines is 4. The molecule has 0 saturated carbocycles. The molecule has 0 radical (unpaired) electrons. The largest absolute Gasteiger partial charge is 0.393 e. The van der Waals surface area contributed by atoms with E-state index < -0.39 is 0 Å². The van der Waals surface area contributed by atoms with Crippen molar-refractivity contribution in [3.05, 3.63) is 108 Å². The first-order valence-corrected chi connectivity index (χ1v) is 10.1. The fourth-order valence-corrected chi connectivity index (χ4v) is 4.06. The molecule has 0 amide bonds. The molecule has 2 heterocycles. The normalized spacial score (nSPS) is 12.8. The molecule has 3 aromatic carbocycles. The summed E-state index contributed by atoms with van der Waals surface area (Å²) in [5.41, 5.74) is 11.9. The van der Waals surface area contributed by atoms with Crippen LogP contribution in [0.3, 0.4) is 0 Å². The molecule has 5 nitrogen and oxygen atoms in total. The molecule has 0 atom stereocenters. The first kappa shape index (κ1) is 18.2. The highest BCUT2D eigenvalue weighted by molar-refractivity contribution is 5.81. The van der Waals surface area contributed by atoms with Gasteiger partial charge in [-0.15, -0.1) is 0 Å². The van der Waals surface area contributed by atoms with E-state index in [1.54, 1.807) is 6.33 Å². The number of nitrogens with two attached hydrogens (primary N) is 1. The fourth-order valence-electron chi connectivity index (χ4n) is 4.06. The van der Waals surface area contributed by atoms with Crippen molar-refractivity contribution in [2.45, 2.75) is 12.5 Å². The van der Waals surface area contributed by atoms with E-state index in [9.17, 15) is 0 Å². The van der Waals surface area contributed by atoms with Gasteiger partial charge in [-0.05, 0) is 29.2 Å². The van der Waals surface area contributed by atoms with Crippen LogP contribution >= 0.6 is 0 Å². The maximum atomic E-state index is 6.60. The number of hydrogen-bond acceptors (Lipinski definition) is 5. The van der Waals surface area contributed by atoms with Gasteiger partial charge in [0.25, 0.3) is 0 Å². The van der Waals surface area contributed by atoms with Crippen LogP contribution in [0.2, 0.25) is 0 Å². The second-order valence-corrected chi connectivity index (χ2v) is 7.39. The predicted molar refractivity (Wildman–Crippen MR) is 122 cm³/mol. The van der Waals surface area contributed by atoms with Crippen LogP contribution in [0.1, 0.15) is 22.7 Å². The van der Waals surface area contributed by atoms with Crippen molar-refractivity contribution in [1.82, 2.24) is 9.97 Å². The lowest BCUT2D eigenvalue weighted by Gasteiger charge is -2.24. The van der Waals surface area contributed by atoms with E-state index in [0.717, 1.165) is 35.6 Å². The van der Waals surface area contributed by atoms with Crippen LogP contribution in [0.4, 0.5) is 23.0 Å². The molecule has 4 aromatic rings. The first-order chi connectivity index (χ1) is 14.8. The summed E-state index contributed by atoms with van der Waals surface area (Å²) in [6.45, 7) is 0.862. The minimum absolute atomic E-state index is 0.0664. The molecule has 0 saturated heterocycles. The van der Waals surface area contributed by atoms with E-state index >= 15 is 0 Å². The lowest BCUT2D eigenvalue weighted by molar-refractivity contribution is 0.917. The highest BCUT2D eigenvalue weighted by Crippen LogP contribution is 2.38. The van der Waals surface area contributed by atoms with Crippen molar-refractivity contribution in [1.29, 1.82) is 0 Å². The second kappa shape index (κ2) is 7.87. The van der Waals surface area contributed by atoms with Crippen molar-refractivity contribution < 1.29 is 0 Å². The monoisotopic (exact) mass is 393 g/mol. The average Bonchev–Trinajstić information content (AvgIpc) is 3.24. The van der Waals surface area contributed by atoms with Crippen LogP contribution in [-0.2, 0) is 6.42 Å². The molecule has 0 bridgehead atoms. The summed E-state index contributed by atoms with van der Waals surface area (Å²) in [5, 5.41) is 3.56. The standard InChI is InChI=1S/C25H23N5/c26-22-24(27-17-28-25(22)30-16-15-18-9-7-8-14-21(18)30)29-23(19-10-3-1-4-11-19)20-12-5-2-6-13-20/h1-14,17,23H,15-16,26H2,(H,27,28,29). The Kier molecular flexibility index (Phi) is 4.77. The average molecular weight is 393 g/mol. The summed E-state index contributed by atoms with van der Waals surface area (Å²) in [4.78, 5) is 11.2. The van der Waals surface area contributed by atoms with Crippen molar-refractivity contribution >= 4 is 23.0 Å². The SMILES string of the molecule is Nc1c(NC(c2ccccc2)c2ccccc2)ncnc1N1CCc2ccccc21. The van der Waals surface area contributed by atoms with E-state index in [1.807, 2.05) is 36.4 Å². The Hall–Kier alpha value is -3.86. The Morgan fingerprint density at radius 1 is 0.800 bits per heavy atom. The Labute approximate surface area is 176 Å². The third kappa shape index (κ3) is 3.35. The Bertz CT molecular complexity index is 1110. The van der Waals surface area contributed by atoms with Crippen LogP contribution in [0.25, 0.3) is 0 Å². The second-order valence-electron chi connectivity index (χ2n) is 7.39. The lowest BCUT2D eigenvalue weighted by Crippen LogP contribution is -2.20. The van der Waals surface area contributed by atoms with Crippen LogP contribution < -0.4 is 16.0 Å². The number of aromatic nitrogens is 2. The number of fused-ring (bicyclic) bond motifs is 1. The number of para-hydroxylation sites is 1. The number of nitrogens with zero attached hydrogens (tertiary/aromatic N) is 3. The Balaban J connectivity index is 1.52. The summed E-state index contributed by atoms with van der Waals surface area (Å²) < 4.78 is 0. The number of rotatable bonds is 5. The highest BCUT2D eigenvalue weighted by atomic mass is 15.2. The molecule has 5 heteroatoms. The Morgan fingerprint density at radius 2 is 1.43 bits per heavy atom. The zero-order valence-corrected chi connectivity index (χ0v) is 16.6. The van der Waals surface area contributed by atoms with Crippen LogP contribution in [0.5, 0.6) is 0 Å². The summed E-state index contributed by atoms with van der Waals surface area (Å²) in [5.74, 6) is 1.39. The van der Waals surface area contributed by atoms with Gasteiger partial charge in [0.15, 0.2) is 11.6 Å². The number of benzene rings is 3. The van der Waals surface area contributed by atoms with Gasteiger partial charge in [-0.1, -0.05) is 78.9 Å². The van der Waals surface area contributed by atoms with E-state index in [2.05, 4.69) is 68.7 Å². The van der Waals surface area contributed by atoms with Crippen LogP contribution in [-0.4, -0.2) is 16.5 Å².